The van der Waals surface area contributed by atoms with Gasteiger partial charge in [0.2, 0.25) is 0 Å². The van der Waals surface area contributed by atoms with E-state index in [1.165, 1.54) is 12.1 Å². The molecule has 0 aliphatic heterocycles. The largest absolute Gasteiger partial charge is 0.383 e. The van der Waals surface area contributed by atoms with E-state index in [9.17, 15) is 4.39 Å². The number of anilines is 1. The molecule has 0 unspecified atom stereocenters. The Labute approximate surface area is 87.6 Å². The number of aryl methyl sites for hydroxylation is 1. The summed E-state index contributed by atoms with van der Waals surface area (Å²) in [4.78, 5) is 4.04. The van der Waals surface area contributed by atoms with Gasteiger partial charge in [0.05, 0.1) is 0 Å². The second-order valence-corrected chi connectivity index (χ2v) is 3.46. The van der Waals surface area contributed by atoms with E-state index in [0.717, 1.165) is 16.7 Å². The number of benzene rings is 1. The van der Waals surface area contributed by atoms with E-state index < -0.39 is 0 Å². The number of nitrogen functional groups attached to an aromatic ring is 1. The van der Waals surface area contributed by atoms with Gasteiger partial charge in [0, 0.05) is 11.8 Å². The lowest BCUT2D eigenvalue weighted by molar-refractivity contribution is 0.628. The van der Waals surface area contributed by atoms with Crippen LogP contribution in [0.15, 0.2) is 36.5 Å². The summed E-state index contributed by atoms with van der Waals surface area (Å²) in [7, 11) is 0. The van der Waals surface area contributed by atoms with Gasteiger partial charge in [-0.15, -0.1) is 0 Å². The molecule has 1 aromatic heterocycles. The number of hydrogen-bond acceptors (Lipinski definition) is 2. The van der Waals surface area contributed by atoms with E-state index in [1.807, 2.05) is 19.1 Å². The normalized spacial score (nSPS) is 10.3. The fraction of sp³-hybridized carbons (Fsp3) is 0.0833. The summed E-state index contributed by atoms with van der Waals surface area (Å²) >= 11 is 0. The van der Waals surface area contributed by atoms with Gasteiger partial charge in [0.25, 0.3) is 0 Å². The highest BCUT2D eigenvalue weighted by Gasteiger charge is 2.04. The van der Waals surface area contributed by atoms with Gasteiger partial charge in [0.1, 0.15) is 11.6 Å². The van der Waals surface area contributed by atoms with Crippen molar-refractivity contribution in [3.05, 3.63) is 47.9 Å². The summed E-state index contributed by atoms with van der Waals surface area (Å²) < 4.78 is 13.0. The molecule has 2 N–H and O–H groups in total. The van der Waals surface area contributed by atoms with Gasteiger partial charge >= 0.3 is 0 Å². The van der Waals surface area contributed by atoms with Crippen molar-refractivity contribution in [3.63, 3.8) is 0 Å². The van der Waals surface area contributed by atoms with E-state index in [2.05, 4.69) is 4.98 Å². The van der Waals surface area contributed by atoms with E-state index >= 15 is 0 Å². The molecule has 1 heterocycles. The third kappa shape index (κ3) is 1.96. The Morgan fingerprint density at radius 1 is 1.27 bits per heavy atom. The topological polar surface area (TPSA) is 38.9 Å². The molecule has 0 saturated carbocycles. The lowest BCUT2D eigenvalue weighted by Crippen LogP contribution is -1.94. The van der Waals surface area contributed by atoms with Crippen molar-refractivity contribution in [2.75, 3.05) is 5.73 Å². The average Bonchev–Trinajstić information content (AvgIpc) is 2.22. The Hall–Kier alpha value is -1.90. The molecule has 76 valence electrons. The average molecular weight is 202 g/mol. The van der Waals surface area contributed by atoms with E-state index in [1.54, 1.807) is 12.3 Å². The maximum atomic E-state index is 13.0. The summed E-state index contributed by atoms with van der Waals surface area (Å²) in [6, 6.07) is 8.23. The smallest absolute Gasteiger partial charge is 0.131 e. The molecular formula is C12H11FN2. The second-order valence-electron chi connectivity index (χ2n) is 3.46. The molecule has 0 bridgehead atoms. The Balaban J connectivity index is 2.58. The van der Waals surface area contributed by atoms with Gasteiger partial charge in [-0.1, -0.05) is 12.1 Å². The molecule has 2 rings (SSSR count). The minimum atomic E-state index is -0.270. The van der Waals surface area contributed by atoms with E-state index in [0.29, 0.717) is 5.82 Å². The highest BCUT2D eigenvalue weighted by atomic mass is 19.1. The fourth-order valence-electron chi connectivity index (χ4n) is 1.47. The van der Waals surface area contributed by atoms with Crippen molar-refractivity contribution in [3.8, 4) is 11.1 Å². The minimum Gasteiger partial charge on any atom is -0.383 e. The van der Waals surface area contributed by atoms with E-state index in [4.69, 9.17) is 5.73 Å². The fourth-order valence-corrected chi connectivity index (χ4v) is 1.47. The number of aromatic nitrogens is 1. The van der Waals surface area contributed by atoms with Gasteiger partial charge in [-0.05, 0) is 36.2 Å². The van der Waals surface area contributed by atoms with Gasteiger partial charge in [-0.25, -0.2) is 9.37 Å². The third-order valence-electron chi connectivity index (χ3n) is 2.19. The Morgan fingerprint density at radius 2 is 2.07 bits per heavy atom. The zero-order valence-corrected chi connectivity index (χ0v) is 8.37. The maximum absolute atomic E-state index is 13.0. The van der Waals surface area contributed by atoms with Crippen LogP contribution in [-0.4, -0.2) is 4.98 Å². The molecule has 0 radical (unpaired) electrons. The molecular weight excluding hydrogens is 191 g/mol. The first-order chi connectivity index (χ1) is 7.16. The molecule has 0 aliphatic rings. The summed E-state index contributed by atoms with van der Waals surface area (Å²) in [6.45, 7) is 1.93. The predicted molar refractivity (Wildman–Crippen MR) is 58.8 cm³/mol. The molecule has 0 saturated heterocycles. The summed E-state index contributed by atoms with van der Waals surface area (Å²) in [6.07, 6.45) is 1.69. The number of pyridine rings is 1. The first kappa shape index (κ1) is 9.65. The summed E-state index contributed by atoms with van der Waals surface area (Å²) in [5.74, 6) is 0.152. The van der Waals surface area contributed by atoms with Crippen LogP contribution in [0, 0.1) is 12.7 Å². The number of nitrogens with zero attached hydrogens (tertiary/aromatic N) is 1. The first-order valence-electron chi connectivity index (χ1n) is 4.65. The molecule has 0 spiro atoms. The second kappa shape index (κ2) is 3.69. The van der Waals surface area contributed by atoms with Crippen molar-refractivity contribution in [1.82, 2.24) is 4.98 Å². The van der Waals surface area contributed by atoms with Crippen molar-refractivity contribution >= 4 is 5.82 Å². The highest BCUT2D eigenvalue weighted by Crippen LogP contribution is 2.25. The number of hydrogen-bond donors (Lipinski definition) is 1. The molecule has 0 fully saturated rings. The minimum absolute atomic E-state index is 0.270. The molecule has 0 aliphatic carbocycles. The van der Waals surface area contributed by atoms with Crippen molar-refractivity contribution in [2.24, 2.45) is 0 Å². The zero-order chi connectivity index (χ0) is 10.8. The maximum Gasteiger partial charge on any atom is 0.131 e. The SMILES string of the molecule is Cc1cnc(N)c(-c2cccc(F)c2)c1. The molecule has 0 amide bonds. The van der Waals surface area contributed by atoms with Crippen LogP contribution in [0.2, 0.25) is 0 Å². The monoisotopic (exact) mass is 202 g/mol. The zero-order valence-electron chi connectivity index (χ0n) is 8.37. The van der Waals surface area contributed by atoms with Crippen molar-refractivity contribution in [1.29, 1.82) is 0 Å². The van der Waals surface area contributed by atoms with Gasteiger partial charge in [-0.2, -0.15) is 0 Å². The number of halogens is 1. The van der Waals surface area contributed by atoms with Gasteiger partial charge < -0.3 is 5.73 Å². The summed E-state index contributed by atoms with van der Waals surface area (Å²) in [5, 5.41) is 0. The standard InChI is InChI=1S/C12H11FN2/c1-8-5-11(12(14)15-7-8)9-3-2-4-10(13)6-9/h2-7H,1H3,(H2,14,15). The quantitative estimate of drug-likeness (QED) is 0.772. The highest BCUT2D eigenvalue weighted by molar-refractivity contribution is 5.74. The van der Waals surface area contributed by atoms with Crippen molar-refractivity contribution < 1.29 is 4.39 Å². The van der Waals surface area contributed by atoms with Crippen LogP contribution < -0.4 is 5.73 Å². The Kier molecular flexibility index (Phi) is 2.37. The lowest BCUT2D eigenvalue weighted by Gasteiger charge is -2.05. The van der Waals surface area contributed by atoms with Crippen LogP contribution in [0.1, 0.15) is 5.56 Å². The molecule has 2 nitrogen and oxygen atoms in total. The molecule has 1 aromatic carbocycles. The Morgan fingerprint density at radius 3 is 2.80 bits per heavy atom. The van der Waals surface area contributed by atoms with Crippen molar-refractivity contribution in [2.45, 2.75) is 6.92 Å². The predicted octanol–water partition coefficient (Wildman–Crippen LogP) is 2.78. The molecule has 2 aromatic rings. The van der Waals surface area contributed by atoms with Gasteiger partial charge in [0.15, 0.2) is 0 Å². The van der Waals surface area contributed by atoms with Crippen LogP contribution in [0.4, 0.5) is 10.2 Å². The lowest BCUT2D eigenvalue weighted by atomic mass is 10.1. The Bertz CT molecular complexity index is 495. The first-order valence-corrected chi connectivity index (χ1v) is 4.65. The summed E-state index contributed by atoms with van der Waals surface area (Å²) in [5.41, 5.74) is 8.27. The van der Waals surface area contributed by atoms with Gasteiger partial charge in [-0.3, -0.25) is 0 Å². The number of nitrogens with two attached hydrogens (primary N) is 1. The van der Waals surface area contributed by atoms with Crippen LogP contribution in [-0.2, 0) is 0 Å². The van der Waals surface area contributed by atoms with Crippen LogP contribution in [0.5, 0.6) is 0 Å². The molecule has 15 heavy (non-hydrogen) atoms. The van der Waals surface area contributed by atoms with Crippen LogP contribution >= 0.6 is 0 Å². The van der Waals surface area contributed by atoms with E-state index in [-0.39, 0.29) is 5.82 Å². The molecule has 0 atom stereocenters. The van der Waals surface area contributed by atoms with Crippen LogP contribution in [0.3, 0.4) is 0 Å². The molecule has 3 heteroatoms. The number of rotatable bonds is 1. The van der Waals surface area contributed by atoms with Crippen LogP contribution in [0.25, 0.3) is 11.1 Å². The third-order valence-corrected chi connectivity index (χ3v) is 2.19.